The van der Waals surface area contributed by atoms with E-state index in [1.807, 2.05) is 13.8 Å². The third kappa shape index (κ3) is 2.35. The van der Waals surface area contributed by atoms with Crippen molar-refractivity contribution in [2.45, 2.75) is 45.4 Å². The molecule has 98 valence electrons. The first-order valence-corrected chi connectivity index (χ1v) is 6.58. The highest BCUT2D eigenvalue weighted by molar-refractivity contribution is 5.89. The van der Waals surface area contributed by atoms with Crippen molar-refractivity contribution in [1.29, 1.82) is 0 Å². The van der Waals surface area contributed by atoms with Gasteiger partial charge in [-0.2, -0.15) is 0 Å². The molecule has 0 heterocycles. The minimum atomic E-state index is -0.874. The van der Waals surface area contributed by atoms with Crippen molar-refractivity contribution in [2.24, 2.45) is 5.92 Å². The minimum absolute atomic E-state index is 0.245. The number of anilines is 1. The number of carboxylic acid groups (broad SMARTS) is 1. The highest BCUT2D eigenvalue weighted by Crippen LogP contribution is 2.45. The summed E-state index contributed by atoms with van der Waals surface area (Å²) in [5, 5.41) is 9.20. The molecule has 0 saturated heterocycles. The molecule has 0 aliphatic heterocycles. The van der Waals surface area contributed by atoms with E-state index in [2.05, 4.69) is 6.92 Å². The van der Waals surface area contributed by atoms with Crippen LogP contribution in [-0.2, 0) is 0 Å². The zero-order valence-corrected chi connectivity index (χ0v) is 11.2. The zero-order chi connectivity index (χ0) is 13.4. The molecule has 0 spiro atoms. The van der Waals surface area contributed by atoms with Gasteiger partial charge in [0.05, 0.1) is 5.56 Å². The standard InChI is InChI=1S/C15H21NO2/c1-8(2)12-6-11(15(17)18)7-13(14(12)16)9(3)10-4-5-10/h6-10H,4-5,16H2,1-3H3,(H,17,18)/t9-/m1/s1. The minimum Gasteiger partial charge on any atom is -0.478 e. The summed E-state index contributed by atoms with van der Waals surface area (Å²) >= 11 is 0. The summed E-state index contributed by atoms with van der Waals surface area (Å²) in [6.07, 6.45) is 2.46. The lowest BCUT2D eigenvalue weighted by Crippen LogP contribution is -2.09. The molecule has 0 bridgehead atoms. The Bertz CT molecular complexity index is 476. The summed E-state index contributed by atoms with van der Waals surface area (Å²) in [4.78, 5) is 11.2. The summed E-state index contributed by atoms with van der Waals surface area (Å²) in [6.45, 7) is 6.24. The van der Waals surface area contributed by atoms with Crippen molar-refractivity contribution in [3.63, 3.8) is 0 Å². The van der Waals surface area contributed by atoms with Crippen LogP contribution in [0.25, 0.3) is 0 Å². The summed E-state index contributed by atoms with van der Waals surface area (Å²) in [6, 6.07) is 3.47. The second-order valence-electron chi connectivity index (χ2n) is 5.65. The first kappa shape index (κ1) is 12.9. The van der Waals surface area contributed by atoms with E-state index in [1.165, 1.54) is 12.8 Å². The lowest BCUT2D eigenvalue weighted by atomic mass is 9.88. The summed E-state index contributed by atoms with van der Waals surface area (Å²) < 4.78 is 0. The zero-order valence-electron chi connectivity index (χ0n) is 11.2. The molecule has 1 fully saturated rings. The van der Waals surface area contributed by atoms with Crippen molar-refractivity contribution in [2.75, 3.05) is 5.73 Å². The Labute approximate surface area is 108 Å². The number of rotatable bonds is 4. The van der Waals surface area contributed by atoms with E-state index >= 15 is 0 Å². The fourth-order valence-electron chi connectivity index (χ4n) is 2.53. The van der Waals surface area contributed by atoms with Crippen molar-refractivity contribution in [3.8, 4) is 0 Å². The Morgan fingerprint density at radius 3 is 2.28 bits per heavy atom. The molecule has 3 nitrogen and oxygen atoms in total. The topological polar surface area (TPSA) is 63.3 Å². The molecule has 1 aliphatic carbocycles. The van der Waals surface area contributed by atoms with E-state index in [-0.39, 0.29) is 5.92 Å². The van der Waals surface area contributed by atoms with Crippen LogP contribution in [-0.4, -0.2) is 11.1 Å². The lowest BCUT2D eigenvalue weighted by molar-refractivity contribution is 0.0696. The van der Waals surface area contributed by atoms with Gasteiger partial charge in [-0.25, -0.2) is 4.79 Å². The van der Waals surface area contributed by atoms with Crippen LogP contribution in [0.5, 0.6) is 0 Å². The third-order valence-electron chi connectivity index (χ3n) is 3.93. The van der Waals surface area contributed by atoms with Crippen LogP contribution in [0.3, 0.4) is 0 Å². The molecule has 0 aromatic heterocycles. The van der Waals surface area contributed by atoms with Crippen molar-refractivity contribution < 1.29 is 9.90 Å². The first-order chi connectivity index (χ1) is 8.41. The Hall–Kier alpha value is -1.51. The van der Waals surface area contributed by atoms with Gasteiger partial charge in [-0.15, -0.1) is 0 Å². The van der Waals surface area contributed by atoms with Gasteiger partial charge in [-0.3, -0.25) is 0 Å². The van der Waals surface area contributed by atoms with E-state index in [1.54, 1.807) is 12.1 Å². The molecule has 1 saturated carbocycles. The number of aromatic carboxylic acids is 1. The van der Waals surface area contributed by atoms with Crippen LogP contribution in [0, 0.1) is 5.92 Å². The third-order valence-corrected chi connectivity index (χ3v) is 3.93. The van der Waals surface area contributed by atoms with Crippen molar-refractivity contribution in [1.82, 2.24) is 0 Å². The van der Waals surface area contributed by atoms with Crippen LogP contribution in [0.1, 0.15) is 66.9 Å². The average Bonchev–Trinajstić information content (AvgIpc) is 3.11. The fourth-order valence-corrected chi connectivity index (χ4v) is 2.53. The first-order valence-electron chi connectivity index (χ1n) is 6.58. The number of nitrogens with two attached hydrogens (primary N) is 1. The Balaban J connectivity index is 2.52. The van der Waals surface area contributed by atoms with Crippen LogP contribution < -0.4 is 5.73 Å². The summed E-state index contributed by atoms with van der Waals surface area (Å²) in [5.41, 5.74) is 9.34. The van der Waals surface area contributed by atoms with Gasteiger partial charge < -0.3 is 10.8 Å². The van der Waals surface area contributed by atoms with Gasteiger partial charge in [-0.1, -0.05) is 20.8 Å². The maximum Gasteiger partial charge on any atom is 0.335 e. The van der Waals surface area contributed by atoms with Crippen LogP contribution in [0.15, 0.2) is 12.1 Å². The normalized spacial score (nSPS) is 16.9. The predicted molar refractivity (Wildman–Crippen MR) is 73.0 cm³/mol. The number of carbonyl (C=O) groups is 1. The van der Waals surface area contributed by atoms with E-state index in [0.717, 1.165) is 16.8 Å². The van der Waals surface area contributed by atoms with Crippen molar-refractivity contribution >= 4 is 11.7 Å². The molecule has 0 unspecified atom stereocenters. The van der Waals surface area contributed by atoms with Gasteiger partial charge in [0.1, 0.15) is 0 Å². The second-order valence-corrected chi connectivity index (χ2v) is 5.65. The number of benzene rings is 1. The van der Waals surface area contributed by atoms with Gasteiger partial charge in [0.2, 0.25) is 0 Å². The van der Waals surface area contributed by atoms with E-state index in [9.17, 15) is 9.90 Å². The smallest absolute Gasteiger partial charge is 0.335 e. The Morgan fingerprint density at radius 1 is 1.28 bits per heavy atom. The van der Waals surface area contributed by atoms with Crippen LogP contribution in [0.2, 0.25) is 0 Å². The van der Waals surface area contributed by atoms with Gasteiger partial charge in [0.15, 0.2) is 0 Å². The molecule has 18 heavy (non-hydrogen) atoms. The molecule has 1 aromatic carbocycles. The molecular formula is C15H21NO2. The molecule has 0 radical (unpaired) electrons. The van der Waals surface area contributed by atoms with Gasteiger partial charge in [0.25, 0.3) is 0 Å². The maximum atomic E-state index is 11.2. The average molecular weight is 247 g/mol. The second kappa shape index (κ2) is 4.63. The van der Waals surface area contributed by atoms with Crippen LogP contribution in [0.4, 0.5) is 5.69 Å². The molecule has 2 rings (SSSR count). The number of nitrogen functional groups attached to an aromatic ring is 1. The van der Waals surface area contributed by atoms with Gasteiger partial charge >= 0.3 is 5.97 Å². The molecule has 1 aliphatic rings. The van der Waals surface area contributed by atoms with E-state index < -0.39 is 5.97 Å². The SMILES string of the molecule is CC(C)c1cc(C(=O)O)cc([C@H](C)C2CC2)c1N. The van der Waals surface area contributed by atoms with Gasteiger partial charge in [0, 0.05) is 5.69 Å². The number of hydrogen-bond donors (Lipinski definition) is 2. The van der Waals surface area contributed by atoms with E-state index in [0.29, 0.717) is 17.4 Å². The quantitative estimate of drug-likeness (QED) is 0.799. The van der Waals surface area contributed by atoms with Crippen LogP contribution >= 0.6 is 0 Å². The van der Waals surface area contributed by atoms with Crippen molar-refractivity contribution in [3.05, 3.63) is 28.8 Å². The molecular weight excluding hydrogens is 226 g/mol. The maximum absolute atomic E-state index is 11.2. The Morgan fingerprint density at radius 2 is 1.83 bits per heavy atom. The largest absolute Gasteiger partial charge is 0.478 e. The number of hydrogen-bond acceptors (Lipinski definition) is 2. The monoisotopic (exact) mass is 247 g/mol. The predicted octanol–water partition coefficient (Wildman–Crippen LogP) is 3.60. The molecule has 1 atom stereocenters. The number of carboxylic acids is 1. The molecule has 3 heteroatoms. The molecule has 1 aromatic rings. The molecule has 0 amide bonds. The highest BCUT2D eigenvalue weighted by Gasteiger charge is 2.31. The lowest BCUT2D eigenvalue weighted by Gasteiger charge is -2.19. The summed E-state index contributed by atoms with van der Waals surface area (Å²) in [7, 11) is 0. The van der Waals surface area contributed by atoms with E-state index in [4.69, 9.17) is 5.73 Å². The fraction of sp³-hybridized carbons (Fsp3) is 0.533. The molecule has 3 N–H and O–H groups in total. The van der Waals surface area contributed by atoms with Gasteiger partial charge in [-0.05, 0) is 53.9 Å². The summed E-state index contributed by atoms with van der Waals surface area (Å²) in [5.74, 6) is 0.411. The Kier molecular flexibility index (Phi) is 3.33. The highest BCUT2D eigenvalue weighted by atomic mass is 16.4.